The predicted molar refractivity (Wildman–Crippen MR) is 157 cm³/mol. The van der Waals surface area contributed by atoms with Crippen LogP contribution in [-0.2, 0) is 0 Å². The van der Waals surface area contributed by atoms with Crippen molar-refractivity contribution in [2.45, 2.75) is 72.6 Å². The van der Waals surface area contributed by atoms with Crippen LogP contribution in [0.1, 0.15) is 59.3 Å². The first-order valence-electron chi connectivity index (χ1n) is 14.2. The fraction of sp³-hybridized carbons (Fsp3) is 0.586. The van der Waals surface area contributed by atoms with Crippen molar-refractivity contribution in [1.82, 2.24) is 19.3 Å². The topological polar surface area (TPSA) is 48.7 Å². The number of hydrogen-bond acceptors (Lipinski definition) is 5. The zero-order chi connectivity index (χ0) is 25.4. The number of imidazole rings is 1. The van der Waals surface area contributed by atoms with E-state index in [1.165, 1.54) is 57.5 Å². The Kier molecular flexibility index (Phi) is 9.94. The minimum absolute atomic E-state index is 0.859. The summed E-state index contributed by atoms with van der Waals surface area (Å²) >= 11 is -2.63. The summed E-state index contributed by atoms with van der Waals surface area (Å²) in [5.41, 5.74) is 3.33. The second-order valence-electron chi connectivity index (χ2n) is 10.7. The van der Waals surface area contributed by atoms with Gasteiger partial charge in [0.15, 0.2) is 0 Å². The Bertz CT molecular complexity index is 1050. The number of nitrogens with one attached hydrogen (secondary N) is 1. The number of piperazine rings is 1. The Morgan fingerprint density at radius 1 is 0.833 bits per heavy atom. The molecule has 36 heavy (non-hydrogen) atoms. The first kappa shape index (κ1) is 27.2. The molecule has 3 heterocycles. The molecule has 0 saturated carbocycles. The number of fused-ring (bicyclic) bond motifs is 1. The predicted octanol–water partition coefficient (Wildman–Crippen LogP) is 6.28. The van der Waals surface area contributed by atoms with E-state index >= 15 is 0 Å². The molecule has 1 aromatic carbocycles. The molecule has 0 amide bonds. The van der Waals surface area contributed by atoms with Gasteiger partial charge in [0.2, 0.25) is 0 Å². The summed E-state index contributed by atoms with van der Waals surface area (Å²) in [7, 11) is 2.20. The Morgan fingerprint density at radius 3 is 2.03 bits per heavy atom. The first-order chi connectivity index (χ1) is 17.6. The summed E-state index contributed by atoms with van der Waals surface area (Å²) in [5.74, 6) is 0.859. The fourth-order valence-corrected chi connectivity index (χ4v) is 21.8. The number of hydrogen-bond donors (Lipinski definition) is 1. The Morgan fingerprint density at radius 2 is 1.44 bits per heavy atom. The van der Waals surface area contributed by atoms with E-state index in [1.807, 2.05) is 6.20 Å². The van der Waals surface area contributed by atoms with E-state index in [9.17, 15) is 0 Å². The molecule has 1 saturated heterocycles. The molecule has 4 rings (SSSR count). The molecule has 3 aromatic rings. The molecule has 1 fully saturated rings. The van der Waals surface area contributed by atoms with Crippen LogP contribution in [-0.4, -0.2) is 70.9 Å². The van der Waals surface area contributed by atoms with E-state index in [2.05, 4.69) is 84.0 Å². The van der Waals surface area contributed by atoms with Gasteiger partial charge in [-0.1, -0.05) is 0 Å². The van der Waals surface area contributed by atoms with Crippen molar-refractivity contribution in [3.05, 3.63) is 42.9 Å². The van der Waals surface area contributed by atoms with Gasteiger partial charge in [-0.3, -0.25) is 0 Å². The molecule has 0 unspecified atom stereocenters. The Balaban J connectivity index is 1.60. The summed E-state index contributed by atoms with van der Waals surface area (Å²) < 4.78 is 8.25. The van der Waals surface area contributed by atoms with Gasteiger partial charge in [-0.2, -0.15) is 0 Å². The van der Waals surface area contributed by atoms with Crippen LogP contribution in [0.5, 0.6) is 0 Å². The molecule has 0 radical (unpaired) electrons. The Labute approximate surface area is 222 Å². The van der Waals surface area contributed by atoms with Crippen LogP contribution in [0.4, 0.5) is 17.2 Å². The molecular weight excluding hydrogens is 551 g/mol. The molecule has 6 nitrogen and oxygen atoms in total. The standard InChI is InChI=1S/C17H19N6.3C4H9.Sn/c1-21-10-12-22(13-11-21)15-4-2-14(3-5-15)20-16-17-19-7-9-23(17)8-6-18-16;3*1-3-4-2;/h2-7,9H,10-13H2,1H3,(H,18,20);3*1,3-4H2,2H3;. The molecule has 196 valence electrons. The second kappa shape index (κ2) is 13.1. The molecule has 0 bridgehead atoms. The summed E-state index contributed by atoms with van der Waals surface area (Å²) in [4.78, 5) is 14.7. The maximum atomic E-state index is 5.03. The summed E-state index contributed by atoms with van der Waals surface area (Å²) in [5, 5.41) is 3.58. The van der Waals surface area contributed by atoms with Gasteiger partial charge >= 0.3 is 211 Å². The second-order valence-corrected chi connectivity index (χ2v) is 23.7. The molecule has 1 aliphatic rings. The first-order valence-corrected chi connectivity index (χ1v) is 21.7. The molecule has 0 spiro atoms. The minimum atomic E-state index is -2.63. The number of nitrogens with zero attached hydrogens (tertiary/aromatic N) is 5. The van der Waals surface area contributed by atoms with Gasteiger partial charge in [-0.05, 0) is 7.05 Å². The quantitative estimate of drug-likeness (QED) is 0.235. The number of rotatable bonds is 13. The number of likely N-dealkylation sites (N-methyl/N-ethyl adjacent to an activating group) is 1. The molecule has 2 aromatic heterocycles. The van der Waals surface area contributed by atoms with Gasteiger partial charge in [0.1, 0.15) is 0 Å². The van der Waals surface area contributed by atoms with Gasteiger partial charge in [0.25, 0.3) is 0 Å². The molecule has 0 atom stereocenters. The van der Waals surface area contributed by atoms with Crippen molar-refractivity contribution in [2.75, 3.05) is 43.4 Å². The number of benzene rings is 1. The monoisotopic (exact) mass is 598 g/mol. The van der Waals surface area contributed by atoms with Crippen molar-refractivity contribution >= 4 is 44.9 Å². The van der Waals surface area contributed by atoms with Crippen molar-refractivity contribution in [2.24, 2.45) is 0 Å². The average Bonchev–Trinajstić information content (AvgIpc) is 3.40. The van der Waals surface area contributed by atoms with Crippen molar-refractivity contribution in [3.8, 4) is 0 Å². The van der Waals surface area contributed by atoms with Gasteiger partial charge in [0.05, 0.1) is 0 Å². The Hall–Kier alpha value is -1.80. The van der Waals surface area contributed by atoms with Crippen LogP contribution in [0.15, 0.2) is 42.9 Å². The van der Waals surface area contributed by atoms with Crippen molar-refractivity contribution < 1.29 is 0 Å². The zero-order valence-electron chi connectivity index (χ0n) is 23.0. The third-order valence-electron chi connectivity index (χ3n) is 8.00. The van der Waals surface area contributed by atoms with E-state index < -0.39 is 18.4 Å². The summed E-state index contributed by atoms with van der Waals surface area (Å²) in [6.45, 7) is 11.4. The van der Waals surface area contributed by atoms with Crippen LogP contribution in [0, 0.1) is 0 Å². The molecule has 7 heteroatoms. The van der Waals surface area contributed by atoms with Gasteiger partial charge in [-0.15, -0.1) is 0 Å². The van der Waals surface area contributed by atoms with Gasteiger partial charge in [-0.25, -0.2) is 0 Å². The molecule has 1 aliphatic heterocycles. The van der Waals surface area contributed by atoms with Crippen molar-refractivity contribution in [3.63, 3.8) is 0 Å². The van der Waals surface area contributed by atoms with Crippen LogP contribution < -0.4 is 13.9 Å². The van der Waals surface area contributed by atoms with E-state index in [0.717, 1.165) is 43.3 Å². The molecule has 1 N–H and O–H groups in total. The maximum absolute atomic E-state index is 5.03. The van der Waals surface area contributed by atoms with E-state index in [1.54, 1.807) is 3.71 Å². The van der Waals surface area contributed by atoms with Crippen molar-refractivity contribution in [1.29, 1.82) is 0 Å². The normalized spacial score (nSPS) is 15.1. The summed E-state index contributed by atoms with van der Waals surface area (Å²) in [6.07, 6.45) is 14.2. The molecule has 0 aliphatic carbocycles. The van der Waals surface area contributed by atoms with E-state index in [0.29, 0.717) is 0 Å². The van der Waals surface area contributed by atoms with Gasteiger partial charge < -0.3 is 4.90 Å². The third-order valence-corrected chi connectivity index (χ3v) is 23.4. The van der Waals surface area contributed by atoms with Gasteiger partial charge in [0, 0.05) is 0 Å². The number of anilines is 3. The van der Waals surface area contributed by atoms with E-state index in [-0.39, 0.29) is 0 Å². The number of unbranched alkanes of at least 4 members (excludes halogenated alkanes) is 3. The average molecular weight is 597 g/mol. The van der Waals surface area contributed by atoms with Crippen LogP contribution in [0.2, 0.25) is 13.3 Å². The van der Waals surface area contributed by atoms with E-state index in [4.69, 9.17) is 9.97 Å². The summed E-state index contributed by atoms with van der Waals surface area (Å²) in [6, 6.07) is 8.81. The third kappa shape index (κ3) is 6.36. The zero-order valence-corrected chi connectivity index (χ0v) is 25.8. The van der Waals surface area contributed by atoms with Crippen LogP contribution in [0.3, 0.4) is 0 Å². The fourth-order valence-electron chi connectivity index (χ4n) is 5.66. The number of aromatic nitrogens is 3. The van der Waals surface area contributed by atoms with Crippen LogP contribution >= 0.6 is 0 Å². The van der Waals surface area contributed by atoms with Crippen LogP contribution in [0.25, 0.3) is 5.65 Å². The SMILES string of the molecule is CCC[CH2][Sn]([CH2]CCC)([CH2]CCC)[c]1cnc(Nc2ccc(N3CCN(C)CC3)cc2)c2nccn12. The molecular formula is C29H46N6Sn.